The topological polar surface area (TPSA) is 62.4 Å². The molecule has 25 heavy (non-hydrogen) atoms. The molecule has 1 aliphatic rings. The van der Waals surface area contributed by atoms with Crippen LogP contribution in [-0.2, 0) is 4.74 Å². The number of aromatic nitrogens is 1. The molecule has 0 radical (unpaired) electrons. The number of nitrogens with one attached hydrogen (secondary N) is 1. The molecule has 0 spiro atoms. The minimum atomic E-state index is -0.0463. The number of nitrogens with zero attached hydrogens (tertiary/aromatic N) is 1. The van der Waals surface area contributed by atoms with E-state index in [0.29, 0.717) is 35.8 Å². The first-order chi connectivity index (χ1) is 12.2. The molecule has 1 aromatic heterocycles. The van der Waals surface area contributed by atoms with Crippen LogP contribution in [0.2, 0.25) is 0 Å². The van der Waals surface area contributed by atoms with E-state index in [2.05, 4.69) is 4.98 Å². The molecule has 3 rings (SSSR count). The number of hydrogen-bond acceptors (Lipinski definition) is 3. The number of piperidine rings is 1. The van der Waals surface area contributed by atoms with E-state index in [-0.39, 0.29) is 11.7 Å². The van der Waals surface area contributed by atoms with E-state index >= 15 is 0 Å². The molecule has 0 bridgehead atoms. The van der Waals surface area contributed by atoms with Gasteiger partial charge in [-0.15, -0.1) is 0 Å². The van der Waals surface area contributed by atoms with Gasteiger partial charge in [-0.3, -0.25) is 9.59 Å². The van der Waals surface area contributed by atoms with E-state index in [4.69, 9.17) is 4.74 Å². The molecule has 0 unspecified atom stereocenters. The number of ether oxygens (including phenoxy) is 1. The number of carbonyl (C=O) groups is 2. The van der Waals surface area contributed by atoms with Gasteiger partial charge < -0.3 is 14.6 Å². The predicted molar refractivity (Wildman–Crippen MR) is 95.8 cm³/mol. The van der Waals surface area contributed by atoms with Crippen LogP contribution in [0.15, 0.2) is 42.7 Å². The Morgan fingerprint density at radius 3 is 2.60 bits per heavy atom. The summed E-state index contributed by atoms with van der Waals surface area (Å²) in [7, 11) is 0. The van der Waals surface area contributed by atoms with Crippen LogP contribution in [0.5, 0.6) is 0 Å². The Balaban J connectivity index is 1.65. The smallest absolute Gasteiger partial charge is 0.253 e. The number of H-pyrrole nitrogens is 1. The molecule has 1 N–H and O–H groups in total. The lowest BCUT2D eigenvalue weighted by molar-refractivity contribution is 0.0501. The maximum atomic E-state index is 12.7. The largest absolute Gasteiger partial charge is 0.381 e. The van der Waals surface area contributed by atoms with Gasteiger partial charge in [-0.25, -0.2) is 0 Å². The van der Waals surface area contributed by atoms with Crippen LogP contribution < -0.4 is 0 Å². The SMILES string of the molecule is CCOC[C@H]1CCCN(C(=O)c2ccc(C(=O)c3cc[nH]c3)cc2)C1. The predicted octanol–water partition coefficient (Wildman–Crippen LogP) is 3.13. The van der Waals surface area contributed by atoms with Crippen molar-refractivity contribution < 1.29 is 14.3 Å². The molecule has 1 fully saturated rings. The summed E-state index contributed by atoms with van der Waals surface area (Å²) in [4.78, 5) is 29.8. The lowest BCUT2D eigenvalue weighted by Crippen LogP contribution is -2.41. The molecular formula is C20H24N2O3. The molecule has 0 saturated carbocycles. The van der Waals surface area contributed by atoms with Crippen LogP contribution in [0.4, 0.5) is 0 Å². The minimum absolute atomic E-state index is 0.0295. The second-order valence-corrected chi connectivity index (χ2v) is 6.43. The van der Waals surface area contributed by atoms with Crippen molar-refractivity contribution in [3.05, 3.63) is 59.4 Å². The molecular weight excluding hydrogens is 316 g/mol. The molecule has 1 aromatic carbocycles. The molecule has 0 aliphatic carbocycles. The molecule has 5 nitrogen and oxygen atoms in total. The zero-order valence-corrected chi connectivity index (χ0v) is 14.5. The fourth-order valence-electron chi connectivity index (χ4n) is 3.25. The summed E-state index contributed by atoms with van der Waals surface area (Å²) >= 11 is 0. The van der Waals surface area contributed by atoms with Crippen LogP contribution in [-0.4, -0.2) is 47.9 Å². The molecule has 5 heteroatoms. The summed E-state index contributed by atoms with van der Waals surface area (Å²) < 4.78 is 5.51. The fourth-order valence-corrected chi connectivity index (χ4v) is 3.25. The first-order valence-electron chi connectivity index (χ1n) is 8.83. The van der Waals surface area contributed by atoms with E-state index in [1.54, 1.807) is 42.7 Å². The van der Waals surface area contributed by atoms with Gasteiger partial charge in [-0.2, -0.15) is 0 Å². The second-order valence-electron chi connectivity index (χ2n) is 6.43. The van der Waals surface area contributed by atoms with Gasteiger partial charge >= 0.3 is 0 Å². The van der Waals surface area contributed by atoms with Crippen molar-refractivity contribution in [2.24, 2.45) is 5.92 Å². The fraction of sp³-hybridized carbons (Fsp3) is 0.400. The van der Waals surface area contributed by atoms with Gasteiger partial charge in [-0.05, 0) is 43.9 Å². The first-order valence-corrected chi connectivity index (χ1v) is 8.83. The third kappa shape index (κ3) is 4.17. The minimum Gasteiger partial charge on any atom is -0.381 e. The lowest BCUT2D eigenvalue weighted by atomic mass is 9.97. The normalized spacial score (nSPS) is 17.5. The van der Waals surface area contributed by atoms with Gasteiger partial charge in [-0.1, -0.05) is 12.1 Å². The van der Waals surface area contributed by atoms with Gasteiger partial charge in [0.05, 0.1) is 6.61 Å². The summed E-state index contributed by atoms with van der Waals surface area (Å²) in [5, 5.41) is 0. The molecule has 2 heterocycles. The number of aromatic amines is 1. The number of hydrogen-bond donors (Lipinski definition) is 1. The molecule has 1 amide bonds. The molecule has 1 saturated heterocycles. The zero-order chi connectivity index (χ0) is 17.6. The highest BCUT2D eigenvalue weighted by molar-refractivity contribution is 6.09. The van der Waals surface area contributed by atoms with Crippen molar-refractivity contribution >= 4 is 11.7 Å². The number of likely N-dealkylation sites (tertiary alicyclic amines) is 1. The maximum absolute atomic E-state index is 12.7. The number of ketones is 1. The summed E-state index contributed by atoms with van der Waals surface area (Å²) in [5.74, 6) is 0.393. The van der Waals surface area contributed by atoms with Crippen molar-refractivity contribution in [2.75, 3.05) is 26.3 Å². The van der Waals surface area contributed by atoms with E-state index in [1.807, 2.05) is 11.8 Å². The Bertz CT molecular complexity index is 707. The first kappa shape index (κ1) is 17.4. The van der Waals surface area contributed by atoms with Gasteiger partial charge in [0.1, 0.15) is 0 Å². The highest BCUT2D eigenvalue weighted by Crippen LogP contribution is 2.20. The standard InChI is InChI=1S/C20H24N2O3/c1-2-25-14-15-4-3-11-22(13-15)20(24)17-7-5-16(6-8-17)19(23)18-9-10-21-12-18/h5-10,12,15,21H,2-4,11,13-14H2,1H3/t15-/m0/s1. The Morgan fingerprint density at radius 2 is 1.92 bits per heavy atom. The van der Waals surface area contributed by atoms with E-state index in [0.717, 1.165) is 25.9 Å². The molecule has 2 aromatic rings. The van der Waals surface area contributed by atoms with Crippen LogP contribution in [0.3, 0.4) is 0 Å². The van der Waals surface area contributed by atoms with Crippen molar-refractivity contribution in [3.63, 3.8) is 0 Å². The van der Waals surface area contributed by atoms with Gasteiger partial charge in [0.25, 0.3) is 5.91 Å². The maximum Gasteiger partial charge on any atom is 0.253 e. The summed E-state index contributed by atoms with van der Waals surface area (Å²) in [6.45, 7) is 4.93. The average molecular weight is 340 g/mol. The highest BCUT2D eigenvalue weighted by atomic mass is 16.5. The average Bonchev–Trinajstić information content (AvgIpc) is 3.20. The monoisotopic (exact) mass is 340 g/mol. The van der Waals surface area contributed by atoms with Gasteiger partial charge in [0.2, 0.25) is 0 Å². The highest BCUT2D eigenvalue weighted by Gasteiger charge is 2.24. The summed E-state index contributed by atoms with van der Waals surface area (Å²) in [5.41, 5.74) is 1.83. The van der Waals surface area contributed by atoms with Crippen molar-refractivity contribution in [3.8, 4) is 0 Å². The number of amides is 1. The van der Waals surface area contributed by atoms with E-state index < -0.39 is 0 Å². The Kier molecular flexibility index (Phi) is 5.66. The summed E-state index contributed by atoms with van der Waals surface area (Å²) in [6.07, 6.45) is 5.51. The summed E-state index contributed by atoms with van der Waals surface area (Å²) in [6, 6.07) is 8.69. The van der Waals surface area contributed by atoms with Gasteiger partial charge in [0.15, 0.2) is 5.78 Å². The quantitative estimate of drug-likeness (QED) is 0.822. The van der Waals surface area contributed by atoms with Crippen LogP contribution in [0.25, 0.3) is 0 Å². The Hall–Kier alpha value is -2.40. The third-order valence-electron chi connectivity index (χ3n) is 4.62. The van der Waals surface area contributed by atoms with E-state index in [9.17, 15) is 9.59 Å². The number of benzene rings is 1. The lowest BCUT2D eigenvalue weighted by Gasteiger charge is -2.32. The van der Waals surface area contributed by atoms with Crippen molar-refractivity contribution in [2.45, 2.75) is 19.8 Å². The molecule has 1 atom stereocenters. The number of carbonyl (C=O) groups excluding carboxylic acids is 2. The molecule has 132 valence electrons. The Labute approximate surface area is 148 Å². The van der Waals surface area contributed by atoms with Crippen molar-refractivity contribution in [1.29, 1.82) is 0 Å². The van der Waals surface area contributed by atoms with Crippen LogP contribution in [0, 0.1) is 5.92 Å². The third-order valence-corrected chi connectivity index (χ3v) is 4.62. The molecule has 1 aliphatic heterocycles. The van der Waals surface area contributed by atoms with E-state index in [1.165, 1.54) is 0 Å². The number of rotatable bonds is 6. The van der Waals surface area contributed by atoms with Crippen LogP contribution in [0.1, 0.15) is 46.0 Å². The van der Waals surface area contributed by atoms with Gasteiger partial charge in [0, 0.05) is 48.8 Å². The Morgan fingerprint density at radius 1 is 1.16 bits per heavy atom. The zero-order valence-electron chi connectivity index (χ0n) is 14.5. The van der Waals surface area contributed by atoms with Crippen molar-refractivity contribution in [1.82, 2.24) is 9.88 Å². The second kappa shape index (κ2) is 8.12. The van der Waals surface area contributed by atoms with Crippen LogP contribution >= 0.6 is 0 Å².